The van der Waals surface area contributed by atoms with Crippen LogP contribution in [0.5, 0.6) is 0 Å². The van der Waals surface area contributed by atoms with Crippen molar-refractivity contribution in [2.45, 2.75) is 38.6 Å². The second kappa shape index (κ2) is 8.44. The van der Waals surface area contributed by atoms with Gasteiger partial charge < -0.3 is 16.8 Å². The summed E-state index contributed by atoms with van der Waals surface area (Å²) in [5.41, 5.74) is 12.6. The number of aliphatic imine (C=N–C) groups is 1. The second-order valence-corrected chi connectivity index (χ2v) is 6.69. The van der Waals surface area contributed by atoms with E-state index in [-0.39, 0.29) is 24.3 Å². The Labute approximate surface area is 146 Å². The molecule has 0 aliphatic carbocycles. The molecule has 1 heterocycles. The van der Waals surface area contributed by atoms with Crippen LogP contribution in [0.1, 0.15) is 37.4 Å². The van der Waals surface area contributed by atoms with Crippen LogP contribution in [0.3, 0.4) is 0 Å². The summed E-state index contributed by atoms with van der Waals surface area (Å²) in [5, 5.41) is 5.27. The van der Waals surface area contributed by atoms with Crippen LogP contribution >= 0.6 is 11.3 Å². The number of benzene rings is 1. The molecule has 0 spiro atoms. The van der Waals surface area contributed by atoms with Gasteiger partial charge in [-0.15, -0.1) is 11.3 Å². The van der Waals surface area contributed by atoms with Crippen molar-refractivity contribution in [1.82, 2.24) is 10.3 Å². The number of nitrogens with two attached hydrogens (primary N) is 2. The molecular weight excluding hydrogens is 322 g/mol. The van der Waals surface area contributed by atoms with E-state index in [0.717, 1.165) is 6.42 Å². The first kappa shape index (κ1) is 17.9. The molecule has 0 bridgehead atoms. The smallest absolute Gasteiger partial charge is 0.226 e. The Bertz CT molecular complexity index is 694. The first-order chi connectivity index (χ1) is 11.4. The third kappa shape index (κ3) is 5.66. The first-order valence-electron chi connectivity index (χ1n) is 7.82. The van der Waals surface area contributed by atoms with Crippen molar-refractivity contribution in [1.29, 1.82) is 0 Å². The Morgan fingerprint density at radius 3 is 2.67 bits per heavy atom. The van der Waals surface area contributed by atoms with Crippen LogP contribution in [0.25, 0.3) is 0 Å². The molecule has 1 aromatic carbocycles. The van der Waals surface area contributed by atoms with E-state index in [2.05, 4.69) is 34.3 Å². The van der Waals surface area contributed by atoms with Crippen molar-refractivity contribution in [2.75, 3.05) is 0 Å². The van der Waals surface area contributed by atoms with Crippen LogP contribution < -0.4 is 16.8 Å². The number of nitrogens with zero attached hydrogens (tertiary/aromatic N) is 2. The molecule has 2 aromatic rings. The third-order valence-corrected chi connectivity index (χ3v) is 4.37. The maximum atomic E-state index is 12.1. The zero-order valence-electron chi connectivity index (χ0n) is 13.9. The minimum absolute atomic E-state index is 0.0381. The summed E-state index contributed by atoms with van der Waals surface area (Å²) in [6, 6.07) is 10.4. The van der Waals surface area contributed by atoms with E-state index in [1.54, 1.807) is 5.38 Å². The van der Waals surface area contributed by atoms with Gasteiger partial charge in [-0.3, -0.25) is 4.79 Å². The van der Waals surface area contributed by atoms with Crippen molar-refractivity contribution >= 4 is 28.3 Å². The lowest BCUT2D eigenvalue weighted by Crippen LogP contribution is -2.34. The molecule has 1 aromatic heterocycles. The Morgan fingerprint density at radius 2 is 2.00 bits per heavy atom. The van der Waals surface area contributed by atoms with Gasteiger partial charge in [0.05, 0.1) is 12.1 Å². The summed E-state index contributed by atoms with van der Waals surface area (Å²) in [6.45, 7) is 4.18. The van der Waals surface area contributed by atoms with E-state index < -0.39 is 0 Å². The third-order valence-electron chi connectivity index (χ3n) is 3.59. The number of carbonyl (C=O) groups excluding carboxylic acids is 1. The van der Waals surface area contributed by atoms with E-state index in [0.29, 0.717) is 16.7 Å². The average molecular weight is 345 g/mol. The van der Waals surface area contributed by atoms with Gasteiger partial charge in [-0.25, -0.2) is 4.98 Å². The molecule has 1 amide bonds. The first-order valence-corrected chi connectivity index (χ1v) is 8.70. The largest absolute Gasteiger partial charge is 0.370 e. The molecule has 2 unspecified atom stereocenters. The molecule has 0 radical (unpaired) electrons. The Hall–Kier alpha value is -2.41. The summed E-state index contributed by atoms with van der Waals surface area (Å²) in [7, 11) is 0. The lowest BCUT2D eigenvalue weighted by Gasteiger charge is -2.18. The summed E-state index contributed by atoms with van der Waals surface area (Å²) < 4.78 is 0. The molecule has 5 N–H and O–H groups in total. The molecule has 2 rings (SSSR count). The van der Waals surface area contributed by atoms with Crippen LogP contribution in [0.2, 0.25) is 0 Å². The monoisotopic (exact) mass is 345 g/mol. The predicted molar refractivity (Wildman–Crippen MR) is 98.4 cm³/mol. The number of nitrogens with one attached hydrogen (secondary N) is 1. The van der Waals surface area contributed by atoms with Gasteiger partial charge in [-0.05, 0) is 24.8 Å². The minimum Gasteiger partial charge on any atom is -0.370 e. The van der Waals surface area contributed by atoms with E-state index >= 15 is 0 Å². The van der Waals surface area contributed by atoms with Crippen LogP contribution in [0.4, 0.5) is 5.13 Å². The van der Waals surface area contributed by atoms with E-state index in [9.17, 15) is 4.79 Å². The van der Waals surface area contributed by atoms with Crippen LogP contribution in [0.15, 0.2) is 40.7 Å². The number of thiazole rings is 1. The lowest BCUT2D eigenvalue weighted by atomic mass is 9.94. The number of hydrogen-bond acceptors (Lipinski definition) is 4. The van der Waals surface area contributed by atoms with Gasteiger partial charge in [0.2, 0.25) is 11.0 Å². The van der Waals surface area contributed by atoms with E-state index in [1.807, 2.05) is 25.1 Å². The molecule has 0 aliphatic rings. The molecule has 0 saturated carbocycles. The van der Waals surface area contributed by atoms with Gasteiger partial charge in [0.25, 0.3) is 0 Å². The highest BCUT2D eigenvalue weighted by molar-refractivity contribution is 7.13. The highest BCUT2D eigenvalue weighted by Gasteiger charge is 2.14. The number of hydrogen-bond donors (Lipinski definition) is 3. The lowest BCUT2D eigenvalue weighted by molar-refractivity contribution is -0.121. The average Bonchev–Trinajstić information content (AvgIpc) is 2.93. The molecule has 0 aliphatic heterocycles. The fraction of sp³-hybridized carbons (Fsp3) is 0.353. The fourth-order valence-corrected chi connectivity index (χ4v) is 3.24. The summed E-state index contributed by atoms with van der Waals surface area (Å²) >= 11 is 1.31. The Kier molecular flexibility index (Phi) is 6.31. The van der Waals surface area contributed by atoms with Gasteiger partial charge in [0.15, 0.2) is 5.96 Å². The number of aromatic nitrogens is 1. The van der Waals surface area contributed by atoms with Gasteiger partial charge >= 0.3 is 0 Å². The van der Waals surface area contributed by atoms with Gasteiger partial charge in [-0.1, -0.05) is 37.3 Å². The molecule has 0 fully saturated rings. The van der Waals surface area contributed by atoms with Gasteiger partial charge in [0, 0.05) is 11.4 Å². The minimum atomic E-state index is -0.0516. The zero-order valence-corrected chi connectivity index (χ0v) is 14.7. The Morgan fingerprint density at radius 1 is 1.29 bits per heavy atom. The summed E-state index contributed by atoms with van der Waals surface area (Å²) in [4.78, 5) is 20.2. The highest BCUT2D eigenvalue weighted by Crippen LogP contribution is 2.21. The molecule has 0 saturated heterocycles. The molecule has 2 atom stereocenters. The molecule has 6 nitrogen and oxygen atoms in total. The van der Waals surface area contributed by atoms with Crippen molar-refractivity contribution in [3.63, 3.8) is 0 Å². The zero-order chi connectivity index (χ0) is 17.5. The maximum Gasteiger partial charge on any atom is 0.226 e. The highest BCUT2D eigenvalue weighted by atomic mass is 32.1. The van der Waals surface area contributed by atoms with Crippen LogP contribution in [-0.2, 0) is 11.2 Å². The van der Waals surface area contributed by atoms with Crippen molar-refractivity contribution in [2.24, 2.45) is 16.5 Å². The quantitative estimate of drug-likeness (QED) is 0.528. The molecular formula is C17H23N5OS. The standard InChI is InChI=1S/C17H23N5OS/c1-11(13-6-4-3-5-7-13)8-12(2)20-15(23)9-14-10-24-17(21-14)22-16(18)19/h3-7,10-12H,8-9H2,1-2H3,(H,20,23)(H4,18,19,21,22). The van der Waals surface area contributed by atoms with Crippen molar-refractivity contribution < 1.29 is 4.79 Å². The van der Waals surface area contributed by atoms with Crippen molar-refractivity contribution in [3.05, 3.63) is 47.0 Å². The van der Waals surface area contributed by atoms with E-state index in [4.69, 9.17) is 11.5 Å². The Balaban J connectivity index is 1.83. The fourth-order valence-electron chi connectivity index (χ4n) is 2.54. The number of guanidine groups is 1. The summed E-state index contributed by atoms with van der Waals surface area (Å²) in [6.07, 6.45) is 1.10. The number of carbonyl (C=O) groups is 1. The predicted octanol–water partition coefficient (Wildman–Crippen LogP) is 2.29. The van der Waals surface area contributed by atoms with Crippen LogP contribution in [-0.4, -0.2) is 22.9 Å². The summed E-state index contributed by atoms with van der Waals surface area (Å²) in [5.74, 6) is 0.294. The second-order valence-electron chi connectivity index (χ2n) is 5.85. The molecule has 7 heteroatoms. The molecule has 128 valence electrons. The number of rotatable bonds is 7. The number of amides is 1. The van der Waals surface area contributed by atoms with Crippen molar-refractivity contribution in [3.8, 4) is 0 Å². The van der Waals surface area contributed by atoms with E-state index in [1.165, 1.54) is 16.9 Å². The van der Waals surface area contributed by atoms with Crippen LogP contribution in [0, 0.1) is 0 Å². The maximum absolute atomic E-state index is 12.1. The topological polar surface area (TPSA) is 106 Å². The SMILES string of the molecule is CC(CC(C)c1ccccc1)NC(=O)Cc1csc(N=C(N)N)n1. The molecule has 24 heavy (non-hydrogen) atoms. The van der Waals surface area contributed by atoms with Gasteiger partial charge in [0.1, 0.15) is 0 Å². The van der Waals surface area contributed by atoms with Gasteiger partial charge in [-0.2, -0.15) is 4.99 Å². The normalized spacial score (nSPS) is 13.1.